The second-order valence-corrected chi connectivity index (χ2v) is 30.3. The van der Waals surface area contributed by atoms with Gasteiger partial charge < -0.3 is 100 Å². The van der Waals surface area contributed by atoms with Gasteiger partial charge in [-0.25, -0.2) is 4.79 Å². The molecule has 606 valence electrons. The average Bonchev–Trinajstić information content (AvgIpc) is 0.754. The molecule has 18 unspecified atom stereocenters. The summed E-state index contributed by atoms with van der Waals surface area (Å²) in [6.45, 7) is 2.27. The van der Waals surface area contributed by atoms with Crippen LogP contribution in [0.4, 0.5) is 0 Å². The van der Waals surface area contributed by atoms with E-state index in [0.29, 0.717) is 19.3 Å². The van der Waals surface area contributed by atoms with E-state index in [1.807, 2.05) is 0 Å². The van der Waals surface area contributed by atoms with E-state index in [1.165, 1.54) is 231 Å². The Labute approximate surface area is 620 Å². The number of ether oxygens (including phenoxy) is 6. The Hall–Kier alpha value is -2.53. The molecule has 0 aromatic heterocycles. The fourth-order valence-electron chi connectivity index (χ4n) is 14.7. The Morgan fingerprint density at radius 1 is 0.495 bits per heavy atom. The highest BCUT2D eigenvalue weighted by atomic mass is 16.8. The summed E-state index contributed by atoms with van der Waals surface area (Å²) < 4.78 is 35.0. The van der Waals surface area contributed by atoms with Crippen LogP contribution in [0.3, 0.4) is 0 Å². The molecule has 103 heavy (non-hydrogen) atoms. The van der Waals surface area contributed by atoms with E-state index in [1.54, 1.807) is 0 Å². The molecule has 3 aliphatic heterocycles. The van der Waals surface area contributed by atoms with Gasteiger partial charge in [0.25, 0.3) is 5.79 Å². The minimum atomic E-state index is -3.08. The molecular formula is C80H150N2O21. The van der Waals surface area contributed by atoms with Crippen LogP contribution in [-0.4, -0.2) is 215 Å². The number of aliphatic carboxylic acids is 1. The maximum atomic E-state index is 13.6. The molecule has 0 saturated carbocycles. The van der Waals surface area contributed by atoms with Crippen LogP contribution in [0.5, 0.6) is 0 Å². The van der Waals surface area contributed by atoms with E-state index < -0.39 is 148 Å². The maximum Gasteiger partial charge on any atom is 0.364 e. The number of amides is 2. The molecule has 0 bridgehead atoms. The van der Waals surface area contributed by atoms with Crippen LogP contribution in [0.2, 0.25) is 0 Å². The molecule has 14 N–H and O–H groups in total. The summed E-state index contributed by atoms with van der Waals surface area (Å²) >= 11 is 0. The molecule has 2 amide bonds. The summed E-state index contributed by atoms with van der Waals surface area (Å²) in [7, 11) is 0. The third-order valence-electron chi connectivity index (χ3n) is 21.2. The first kappa shape index (κ1) is 94.7. The van der Waals surface area contributed by atoms with Gasteiger partial charge in [-0.15, -0.1) is 0 Å². The Kier molecular flexibility index (Phi) is 54.6. The first-order valence-corrected chi connectivity index (χ1v) is 41.5. The van der Waals surface area contributed by atoms with Crippen LogP contribution in [0, 0.1) is 0 Å². The number of unbranched alkanes of at least 4 members (excludes halogenated alkanes) is 44. The van der Waals surface area contributed by atoms with Gasteiger partial charge in [0, 0.05) is 19.8 Å². The second kappa shape index (κ2) is 59.4. The molecule has 23 heteroatoms. The largest absolute Gasteiger partial charge is 0.477 e. The zero-order valence-corrected chi connectivity index (χ0v) is 64.2. The summed E-state index contributed by atoms with van der Waals surface area (Å²) in [6.07, 6.45) is 34.9. The van der Waals surface area contributed by atoms with Crippen LogP contribution in [0.1, 0.15) is 342 Å². The summed E-state index contributed by atoms with van der Waals surface area (Å²) in [5, 5.41) is 137. The van der Waals surface area contributed by atoms with Crippen molar-refractivity contribution in [3.63, 3.8) is 0 Å². The van der Waals surface area contributed by atoms with E-state index in [9.17, 15) is 75.7 Å². The molecule has 23 nitrogen and oxygen atoms in total. The summed E-state index contributed by atoms with van der Waals surface area (Å²) in [5.41, 5.74) is 0. The molecule has 0 aromatic carbocycles. The lowest BCUT2D eigenvalue weighted by Crippen LogP contribution is -2.70. The molecule has 18 atom stereocenters. The standard InChI is InChI=1S/C80H150N2O21/c1-4-6-8-10-12-14-16-18-20-22-24-26-28-30-31-33-35-37-39-41-43-45-47-49-51-53-62(87)61(82-67(90)54-52-50-48-46-44-42-40-38-36-34-32-29-27-25-23-21-19-17-15-13-11-9-7-5-2)59-98-77-72(94)71(93)74(66(58-85)100-77)101-78-73(95)76(70(92)65(57-84)99-78)103-80(79(96)97)55-63(88)68(81-60(3)86)75(102-80)69(91)64(89)56-83/h32,34,61-66,68-78,83-85,87-89,91-95H,4-31,33,35-59H2,1-3H3,(H,81,86)(H,82,90)(H,96,97)/b34-32-. The lowest BCUT2D eigenvalue weighted by Gasteiger charge is -2.50. The smallest absolute Gasteiger partial charge is 0.364 e. The number of carboxylic acids is 1. The molecule has 3 fully saturated rings. The van der Waals surface area contributed by atoms with Crippen molar-refractivity contribution in [3.8, 4) is 0 Å². The van der Waals surface area contributed by atoms with Crippen molar-refractivity contribution < 1.29 is 104 Å². The van der Waals surface area contributed by atoms with E-state index in [-0.39, 0.29) is 18.9 Å². The lowest BCUT2D eigenvalue weighted by molar-refractivity contribution is -0.386. The molecule has 3 rings (SSSR count). The van der Waals surface area contributed by atoms with Crippen molar-refractivity contribution in [2.75, 3.05) is 26.4 Å². The lowest BCUT2D eigenvalue weighted by atomic mass is 9.88. The third-order valence-corrected chi connectivity index (χ3v) is 21.2. The Balaban J connectivity index is 1.51. The van der Waals surface area contributed by atoms with Crippen LogP contribution in [0.25, 0.3) is 0 Å². The Morgan fingerprint density at radius 3 is 1.31 bits per heavy atom. The monoisotopic (exact) mass is 1480 g/mol. The van der Waals surface area contributed by atoms with Crippen LogP contribution in [0.15, 0.2) is 12.2 Å². The van der Waals surface area contributed by atoms with Gasteiger partial charge in [0.05, 0.1) is 50.7 Å². The molecule has 3 saturated heterocycles. The SMILES string of the molecule is CCCCCCCCCCCCCC/C=C\CCCCCCCCCCC(=O)NC(COC1OC(CO)C(OC2OC(CO)C(O)C(OC3(C(=O)O)CC(O)C(NC(C)=O)C(C(O)C(O)CO)O3)C2O)C(O)C1O)C(O)CCCCCCCCCCCCCCCCCCCCCCCCCCC. The van der Waals surface area contributed by atoms with E-state index in [0.717, 1.165) is 64.7 Å². The highest BCUT2D eigenvalue weighted by Crippen LogP contribution is 2.39. The van der Waals surface area contributed by atoms with Gasteiger partial charge in [-0.1, -0.05) is 296 Å². The number of carboxylic acid groups (broad SMARTS) is 1. The van der Waals surface area contributed by atoms with Crippen molar-refractivity contribution in [2.24, 2.45) is 0 Å². The minimum Gasteiger partial charge on any atom is -0.477 e. The summed E-state index contributed by atoms with van der Waals surface area (Å²) in [6, 6.07) is -2.53. The third kappa shape index (κ3) is 39.6. The minimum absolute atomic E-state index is 0.222. The van der Waals surface area contributed by atoms with Gasteiger partial charge in [-0.3, -0.25) is 9.59 Å². The van der Waals surface area contributed by atoms with Gasteiger partial charge in [0.2, 0.25) is 11.8 Å². The fraction of sp³-hybridized carbons (Fsp3) is 0.938. The number of allylic oxidation sites excluding steroid dienone is 2. The molecule has 3 aliphatic rings. The van der Waals surface area contributed by atoms with E-state index in [2.05, 4.69) is 36.6 Å². The zero-order valence-electron chi connectivity index (χ0n) is 64.2. The maximum absolute atomic E-state index is 13.6. The predicted octanol–water partition coefficient (Wildman–Crippen LogP) is 11.4. The van der Waals surface area contributed by atoms with Crippen molar-refractivity contribution in [2.45, 2.75) is 452 Å². The van der Waals surface area contributed by atoms with Crippen molar-refractivity contribution in [3.05, 3.63) is 12.2 Å². The number of aliphatic hydroxyl groups is 11. The summed E-state index contributed by atoms with van der Waals surface area (Å²) in [4.78, 5) is 38.7. The van der Waals surface area contributed by atoms with Crippen LogP contribution in [-0.2, 0) is 42.8 Å². The normalized spacial score (nSPS) is 26.5. The highest BCUT2D eigenvalue weighted by molar-refractivity contribution is 5.77. The molecule has 0 spiro atoms. The van der Waals surface area contributed by atoms with Crippen LogP contribution >= 0.6 is 0 Å². The predicted molar refractivity (Wildman–Crippen MR) is 398 cm³/mol. The fourth-order valence-corrected chi connectivity index (χ4v) is 14.7. The Bertz CT molecular complexity index is 2100. The van der Waals surface area contributed by atoms with E-state index >= 15 is 0 Å². The van der Waals surface area contributed by atoms with Crippen molar-refractivity contribution in [1.29, 1.82) is 0 Å². The topological polar surface area (TPSA) is 373 Å². The van der Waals surface area contributed by atoms with Gasteiger partial charge >= 0.3 is 5.97 Å². The van der Waals surface area contributed by atoms with Gasteiger partial charge in [-0.05, 0) is 38.5 Å². The molecule has 0 radical (unpaired) electrons. The number of nitrogens with one attached hydrogen (secondary N) is 2. The van der Waals surface area contributed by atoms with Gasteiger partial charge in [-0.2, -0.15) is 0 Å². The molecular weight excluding hydrogens is 1320 g/mol. The number of carbonyl (C=O) groups is 3. The quantitative estimate of drug-likeness (QED) is 0.0199. The van der Waals surface area contributed by atoms with Gasteiger partial charge in [0.15, 0.2) is 12.6 Å². The number of carbonyl (C=O) groups excluding carboxylic acids is 2. The Morgan fingerprint density at radius 2 is 0.903 bits per heavy atom. The highest BCUT2D eigenvalue weighted by Gasteiger charge is 2.60. The molecule has 3 heterocycles. The van der Waals surface area contributed by atoms with Crippen LogP contribution < -0.4 is 10.6 Å². The second-order valence-electron chi connectivity index (χ2n) is 30.3. The first-order chi connectivity index (χ1) is 49.9. The number of hydrogen-bond acceptors (Lipinski definition) is 20. The summed E-state index contributed by atoms with van der Waals surface area (Å²) in [5.74, 6) is -6.10. The van der Waals surface area contributed by atoms with E-state index in [4.69, 9.17) is 28.4 Å². The average molecular weight is 1480 g/mol. The zero-order chi connectivity index (χ0) is 75.3. The number of hydrogen-bond donors (Lipinski definition) is 14. The first-order valence-electron chi connectivity index (χ1n) is 41.5. The van der Waals surface area contributed by atoms with Crippen molar-refractivity contribution in [1.82, 2.24) is 10.6 Å². The molecule has 0 aliphatic carbocycles. The number of rotatable bonds is 66. The van der Waals surface area contributed by atoms with Gasteiger partial charge in [0.1, 0.15) is 67.1 Å². The number of aliphatic hydroxyl groups excluding tert-OH is 11. The van der Waals surface area contributed by atoms with Crippen molar-refractivity contribution >= 4 is 17.8 Å². The molecule has 0 aromatic rings.